The molecule has 2 aliphatic heterocycles. The number of hydrazone groups is 1. The average Bonchev–Trinajstić information content (AvgIpc) is 3.20. The number of benzene rings is 3. The molecule has 140 valence electrons. The molecule has 2 atom stereocenters. The second-order valence-electron chi connectivity index (χ2n) is 6.94. The molecule has 2 heterocycles. The molecule has 0 saturated heterocycles. The molecule has 2 aliphatic rings. The Balaban J connectivity index is 1.59. The van der Waals surface area contributed by atoms with Crippen LogP contribution in [0.5, 0.6) is 11.5 Å². The highest BCUT2D eigenvalue weighted by molar-refractivity contribution is 9.10. The predicted molar refractivity (Wildman–Crippen MR) is 113 cm³/mol. The van der Waals surface area contributed by atoms with E-state index in [1.807, 2.05) is 42.5 Å². The van der Waals surface area contributed by atoms with E-state index in [1.165, 1.54) is 0 Å². The molecule has 0 N–H and O–H groups in total. The van der Waals surface area contributed by atoms with Crippen LogP contribution in [0.15, 0.2) is 82.4 Å². The fourth-order valence-corrected chi connectivity index (χ4v) is 4.23. The van der Waals surface area contributed by atoms with Gasteiger partial charge in [-0.1, -0.05) is 46.3 Å². The summed E-state index contributed by atoms with van der Waals surface area (Å²) < 4.78 is 12.7. The van der Waals surface area contributed by atoms with E-state index < -0.39 is 0 Å². The van der Waals surface area contributed by atoms with Crippen LogP contribution in [-0.4, -0.2) is 17.8 Å². The Labute approximate surface area is 172 Å². The highest BCUT2D eigenvalue weighted by Crippen LogP contribution is 2.48. The topological polar surface area (TPSA) is 34.1 Å². The lowest BCUT2D eigenvalue weighted by atomic mass is 9.96. The molecule has 0 aliphatic carbocycles. The van der Waals surface area contributed by atoms with Crippen LogP contribution >= 0.6 is 15.9 Å². The van der Waals surface area contributed by atoms with E-state index >= 15 is 0 Å². The van der Waals surface area contributed by atoms with Crippen LogP contribution in [0, 0.1) is 0 Å². The van der Waals surface area contributed by atoms with E-state index in [0.29, 0.717) is 0 Å². The number of methoxy groups -OCH3 is 1. The van der Waals surface area contributed by atoms with Gasteiger partial charge in [0.05, 0.1) is 18.9 Å². The summed E-state index contributed by atoms with van der Waals surface area (Å²) >= 11 is 3.60. The molecule has 4 nitrogen and oxygen atoms in total. The normalized spacial score (nSPS) is 20.1. The number of fused-ring (bicyclic) bond motifs is 3. The van der Waals surface area contributed by atoms with Gasteiger partial charge in [0.1, 0.15) is 11.5 Å². The van der Waals surface area contributed by atoms with Gasteiger partial charge in [-0.3, -0.25) is 0 Å². The van der Waals surface area contributed by atoms with Crippen molar-refractivity contribution in [3.05, 3.63) is 94.0 Å². The van der Waals surface area contributed by atoms with E-state index in [4.69, 9.17) is 14.6 Å². The predicted octanol–water partition coefficient (Wildman–Crippen LogP) is 5.70. The Kier molecular flexibility index (Phi) is 4.32. The van der Waals surface area contributed by atoms with Crippen molar-refractivity contribution in [3.8, 4) is 11.5 Å². The second kappa shape index (κ2) is 6.99. The van der Waals surface area contributed by atoms with Gasteiger partial charge in [0.25, 0.3) is 0 Å². The molecule has 3 aromatic carbocycles. The summed E-state index contributed by atoms with van der Waals surface area (Å²) in [4.78, 5) is 0. The average molecular weight is 435 g/mol. The molecule has 5 heteroatoms. The largest absolute Gasteiger partial charge is 0.497 e. The smallest absolute Gasteiger partial charge is 0.213 e. The van der Waals surface area contributed by atoms with Gasteiger partial charge in [-0.05, 0) is 48.0 Å². The zero-order valence-corrected chi connectivity index (χ0v) is 17.0. The molecule has 0 fully saturated rings. The molecule has 5 rings (SSSR count). The van der Waals surface area contributed by atoms with Gasteiger partial charge in [-0.25, -0.2) is 5.01 Å². The number of hydrogen-bond acceptors (Lipinski definition) is 4. The Morgan fingerprint density at radius 2 is 1.82 bits per heavy atom. The standard InChI is InChI=1S/C23H19BrN2O2/c1-27-18-10-7-16(8-11-18)23-26-21(19-13-17(24)9-12-22(19)28-23)14-20(25-26)15-5-3-2-4-6-15/h2-13,21,23H,14H2,1H3/t21-,23-/m0/s1. The van der Waals surface area contributed by atoms with E-state index in [0.717, 1.165) is 44.8 Å². The molecule has 0 spiro atoms. The van der Waals surface area contributed by atoms with Crippen LogP contribution in [0.4, 0.5) is 0 Å². The van der Waals surface area contributed by atoms with Crippen LogP contribution in [-0.2, 0) is 0 Å². The Morgan fingerprint density at radius 3 is 2.57 bits per heavy atom. The minimum atomic E-state index is -0.272. The molecule has 0 bridgehead atoms. The Morgan fingerprint density at radius 1 is 1.04 bits per heavy atom. The minimum Gasteiger partial charge on any atom is -0.497 e. The Bertz CT molecular complexity index is 1030. The first-order valence-electron chi connectivity index (χ1n) is 9.24. The maximum atomic E-state index is 6.40. The second-order valence-corrected chi connectivity index (χ2v) is 7.85. The summed E-state index contributed by atoms with van der Waals surface area (Å²) in [7, 11) is 1.67. The third-order valence-corrected chi connectivity index (χ3v) is 5.75. The number of halogens is 1. The van der Waals surface area contributed by atoms with Crippen molar-refractivity contribution < 1.29 is 9.47 Å². The SMILES string of the molecule is COc1ccc([C@@H]2Oc3ccc(Br)cc3[C@@H]3CC(c4ccccc4)=NN32)cc1. The lowest BCUT2D eigenvalue weighted by molar-refractivity contribution is -0.0191. The van der Waals surface area contributed by atoms with Gasteiger partial charge in [-0.15, -0.1) is 0 Å². The van der Waals surface area contributed by atoms with Gasteiger partial charge >= 0.3 is 0 Å². The summed E-state index contributed by atoms with van der Waals surface area (Å²) in [6, 6.07) is 24.7. The molecular formula is C23H19BrN2O2. The van der Waals surface area contributed by atoms with E-state index in [2.05, 4.69) is 51.3 Å². The van der Waals surface area contributed by atoms with Crippen molar-refractivity contribution in [2.24, 2.45) is 5.10 Å². The summed E-state index contributed by atoms with van der Waals surface area (Å²) in [6.45, 7) is 0. The quantitative estimate of drug-likeness (QED) is 0.529. The van der Waals surface area contributed by atoms with Crippen LogP contribution in [0.1, 0.15) is 35.4 Å². The summed E-state index contributed by atoms with van der Waals surface area (Å²) in [6.07, 6.45) is 0.578. The van der Waals surface area contributed by atoms with Crippen molar-refractivity contribution in [1.82, 2.24) is 5.01 Å². The molecular weight excluding hydrogens is 416 g/mol. The molecule has 0 amide bonds. The van der Waals surface area contributed by atoms with Crippen LogP contribution in [0.25, 0.3) is 0 Å². The fourth-order valence-electron chi connectivity index (χ4n) is 3.85. The lowest BCUT2D eigenvalue weighted by Crippen LogP contribution is -2.33. The van der Waals surface area contributed by atoms with Crippen molar-refractivity contribution in [2.45, 2.75) is 18.7 Å². The van der Waals surface area contributed by atoms with Gasteiger partial charge < -0.3 is 9.47 Å². The van der Waals surface area contributed by atoms with Gasteiger partial charge in [0.15, 0.2) is 0 Å². The van der Waals surface area contributed by atoms with E-state index in [1.54, 1.807) is 7.11 Å². The number of hydrogen-bond donors (Lipinski definition) is 0. The summed E-state index contributed by atoms with van der Waals surface area (Å²) in [5, 5.41) is 7.08. The highest BCUT2D eigenvalue weighted by Gasteiger charge is 2.41. The zero-order valence-electron chi connectivity index (χ0n) is 15.4. The van der Waals surface area contributed by atoms with E-state index in [9.17, 15) is 0 Å². The third-order valence-electron chi connectivity index (χ3n) is 5.26. The van der Waals surface area contributed by atoms with Crippen molar-refractivity contribution in [2.75, 3.05) is 7.11 Å². The molecule has 0 aromatic heterocycles. The monoisotopic (exact) mass is 434 g/mol. The molecule has 0 unspecified atom stereocenters. The van der Waals surface area contributed by atoms with Crippen LogP contribution in [0.3, 0.4) is 0 Å². The summed E-state index contributed by atoms with van der Waals surface area (Å²) in [5.41, 5.74) is 4.45. The highest BCUT2D eigenvalue weighted by atomic mass is 79.9. The van der Waals surface area contributed by atoms with Crippen LogP contribution in [0.2, 0.25) is 0 Å². The first-order chi connectivity index (χ1) is 13.7. The summed E-state index contributed by atoms with van der Waals surface area (Å²) in [5.74, 6) is 1.74. The maximum absolute atomic E-state index is 6.40. The number of ether oxygens (including phenoxy) is 2. The third kappa shape index (κ3) is 2.96. The van der Waals surface area contributed by atoms with Gasteiger partial charge in [0, 0.05) is 22.0 Å². The number of rotatable bonds is 3. The first kappa shape index (κ1) is 17.3. The lowest BCUT2D eigenvalue weighted by Gasteiger charge is -2.38. The zero-order chi connectivity index (χ0) is 19.1. The van der Waals surface area contributed by atoms with Crippen molar-refractivity contribution in [3.63, 3.8) is 0 Å². The maximum Gasteiger partial charge on any atom is 0.213 e. The van der Waals surface area contributed by atoms with Gasteiger partial charge in [-0.2, -0.15) is 5.10 Å². The molecule has 28 heavy (non-hydrogen) atoms. The van der Waals surface area contributed by atoms with Gasteiger partial charge in [0.2, 0.25) is 6.23 Å². The van der Waals surface area contributed by atoms with Crippen molar-refractivity contribution in [1.29, 1.82) is 0 Å². The minimum absolute atomic E-state index is 0.142. The van der Waals surface area contributed by atoms with Crippen molar-refractivity contribution >= 4 is 21.6 Å². The fraction of sp³-hybridized carbons (Fsp3) is 0.174. The molecule has 3 aromatic rings. The van der Waals surface area contributed by atoms with E-state index in [-0.39, 0.29) is 12.3 Å². The first-order valence-corrected chi connectivity index (χ1v) is 10.0. The van der Waals surface area contributed by atoms with Crippen LogP contribution < -0.4 is 9.47 Å². The molecule has 0 saturated carbocycles. The number of nitrogens with zero attached hydrogens (tertiary/aromatic N) is 2. The molecule has 0 radical (unpaired) electrons. The Hall–Kier alpha value is -2.79.